The van der Waals surface area contributed by atoms with E-state index in [0.717, 1.165) is 17.5 Å². The number of rotatable bonds is 4. The second kappa shape index (κ2) is 5.80. The maximum absolute atomic E-state index is 13.2. The number of benzene rings is 1. The van der Waals surface area contributed by atoms with Gasteiger partial charge in [0, 0.05) is 6.20 Å². The molecule has 0 saturated heterocycles. The lowest BCUT2D eigenvalue weighted by atomic mass is 10.0. The molecule has 0 saturated carbocycles. The predicted octanol–water partition coefficient (Wildman–Crippen LogP) is 3.06. The number of halogens is 1. The first kappa shape index (κ1) is 13.5. The summed E-state index contributed by atoms with van der Waals surface area (Å²) in [6, 6.07) is 8.49. The van der Waals surface area contributed by atoms with Crippen LogP contribution < -0.4 is 10.5 Å². The van der Waals surface area contributed by atoms with E-state index < -0.39 is 6.04 Å². The van der Waals surface area contributed by atoms with Crippen molar-refractivity contribution in [1.29, 1.82) is 0 Å². The third-order valence-corrected chi connectivity index (χ3v) is 2.67. The number of pyridine rings is 1. The highest BCUT2D eigenvalue weighted by atomic mass is 19.1. The molecule has 2 aromatic rings. The Balaban J connectivity index is 2.26. The van der Waals surface area contributed by atoms with Gasteiger partial charge >= 0.3 is 0 Å². The third-order valence-electron chi connectivity index (χ3n) is 2.67. The summed E-state index contributed by atoms with van der Waals surface area (Å²) in [6.07, 6.45) is 2.83. The Morgan fingerprint density at radius 1 is 1.16 bits per heavy atom. The van der Waals surface area contributed by atoms with Gasteiger partial charge in [-0.05, 0) is 43.2 Å². The first-order valence-corrected chi connectivity index (χ1v) is 6.19. The zero-order valence-electron chi connectivity index (χ0n) is 11.0. The summed E-state index contributed by atoms with van der Waals surface area (Å²) in [4.78, 5) is 3.82. The molecule has 0 spiro atoms. The fraction of sp³-hybridized carbons (Fsp3) is 0.267. The molecule has 4 heteroatoms. The van der Waals surface area contributed by atoms with Crippen LogP contribution in [0.25, 0.3) is 0 Å². The monoisotopic (exact) mass is 260 g/mol. The van der Waals surface area contributed by atoms with Crippen molar-refractivity contribution in [2.45, 2.75) is 26.0 Å². The van der Waals surface area contributed by atoms with Crippen LogP contribution in [-0.2, 0) is 0 Å². The Labute approximate surface area is 112 Å². The molecule has 2 N–H and O–H groups in total. The zero-order valence-corrected chi connectivity index (χ0v) is 11.0. The van der Waals surface area contributed by atoms with Gasteiger partial charge in [0.1, 0.15) is 11.6 Å². The van der Waals surface area contributed by atoms with Crippen LogP contribution in [0.2, 0.25) is 0 Å². The van der Waals surface area contributed by atoms with Crippen molar-refractivity contribution in [3.8, 4) is 5.75 Å². The van der Waals surface area contributed by atoms with E-state index in [1.807, 2.05) is 38.1 Å². The van der Waals surface area contributed by atoms with E-state index in [1.165, 1.54) is 6.07 Å². The molecule has 1 aromatic carbocycles. The van der Waals surface area contributed by atoms with E-state index in [2.05, 4.69) is 4.98 Å². The molecular formula is C15H17FN2O. The van der Waals surface area contributed by atoms with Gasteiger partial charge in [-0.1, -0.05) is 12.1 Å². The minimum atomic E-state index is -0.418. The van der Waals surface area contributed by atoms with Gasteiger partial charge in [-0.3, -0.25) is 4.98 Å². The standard InChI is InChI=1S/C15H17FN2O/c1-10(2)19-14-5-3-4-11(7-14)15(17)12-6-13(16)9-18-8-12/h3-10,15H,17H2,1-2H3. The lowest BCUT2D eigenvalue weighted by Gasteiger charge is -2.15. The topological polar surface area (TPSA) is 48.1 Å². The molecule has 100 valence electrons. The van der Waals surface area contributed by atoms with Crippen molar-refractivity contribution in [3.63, 3.8) is 0 Å². The van der Waals surface area contributed by atoms with Crippen molar-refractivity contribution >= 4 is 0 Å². The molecule has 0 bridgehead atoms. The highest BCUT2D eigenvalue weighted by molar-refractivity contribution is 5.35. The Hall–Kier alpha value is -1.94. The zero-order chi connectivity index (χ0) is 13.8. The molecule has 0 aliphatic carbocycles. The SMILES string of the molecule is CC(C)Oc1cccc(C(N)c2cncc(F)c2)c1. The van der Waals surface area contributed by atoms with E-state index in [4.69, 9.17) is 10.5 Å². The lowest BCUT2D eigenvalue weighted by Crippen LogP contribution is -2.13. The predicted molar refractivity (Wildman–Crippen MR) is 72.4 cm³/mol. The van der Waals surface area contributed by atoms with E-state index in [-0.39, 0.29) is 11.9 Å². The fourth-order valence-corrected chi connectivity index (χ4v) is 1.84. The normalized spacial score (nSPS) is 12.5. The van der Waals surface area contributed by atoms with Crippen LogP contribution in [0.4, 0.5) is 4.39 Å². The molecular weight excluding hydrogens is 243 g/mol. The molecule has 0 aliphatic heterocycles. The van der Waals surface area contributed by atoms with Crippen LogP contribution in [0.1, 0.15) is 31.0 Å². The molecule has 0 aliphatic rings. The van der Waals surface area contributed by atoms with Crippen LogP contribution >= 0.6 is 0 Å². The second-order valence-corrected chi connectivity index (χ2v) is 4.65. The smallest absolute Gasteiger partial charge is 0.141 e. The van der Waals surface area contributed by atoms with Crippen LogP contribution in [-0.4, -0.2) is 11.1 Å². The van der Waals surface area contributed by atoms with Crippen LogP contribution in [0.15, 0.2) is 42.7 Å². The highest BCUT2D eigenvalue weighted by Crippen LogP contribution is 2.23. The van der Waals surface area contributed by atoms with Gasteiger partial charge in [0.2, 0.25) is 0 Å². The Morgan fingerprint density at radius 3 is 2.63 bits per heavy atom. The Bertz CT molecular complexity index is 557. The summed E-state index contributed by atoms with van der Waals surface area (Å²) < 4.78 is 18.8. The maximum Gasteiger partial charge on any atom is 0.141 e. The third kappa shape index (κ3) is 3.51. The van der Waals surface area contributed by atoms with E-state index in [0.29, 0.717) is 5.56 Å². The number of nitrogens with two attached hydrogens (primary N) is 1. The van der Waals surface area contributed by atoms with Gasteiger partial charge in [0.25, 0.3) is 0 Å². The fourth-order valence-electron chi connectivity index (χ4n) is 1.84. The highest BCUT2D eigenvalue weighted by Gasteiger charge is 2.11. The Morgan fingerprint density at radius 2 is 1.95 bits per heavy atom. The number of hydrogen-bond donors (Lipinski definition) is 1. The minimum absolute atomic E-state index is 0.0994. The molecule has 3 nitrogen and oxygen atoms in total. The number of nitrogens with zero attached hydrogens (tertiary/aromatic N) is 1. The average Bonchev–Trinajstić information content (AvgIpc) is 2.37. The summed E-state index contributed by atoms with van der Waals surface area (Å²) in [5, 5.41) is 0. The molecule has 1 unspecified atom stereocenters. The van der Waals surface area contributed by atoms with Crippen LogP contribution in [0.3, 0.4) is 0 Å². The average molecular weight is 260 g/mol. The van der Waals surface area contributed by atoms with Gasteiger partial charge in [-0.25, -0.2) is 4.39 Å². The lowest BCUT2D eigenvalue weighted by molar-refractivity contribution is 0.242. The molecule has 0 fully saturated rings. The summed E-state index contributed by atoms with van der Waals surface area (Å²) in [6.45, 7) is 3.92. The molecule has 0 amide bonds. The van der Waals surface area contributed by atoms with Gasteiger partial charge in [-0.2, -0.15) is 0 Å². The second-order valence-electron chi connectivity index (χ2n) is 4.65. The molecule has 1 atom stereocenters. The van der Waals surface area contributed by atoms with Gasteiger partial charge < -0.3 is 10.5 Å². The van der Waals surface area contributed by atoms with Crippen molar-refractivity contribution < 1.29 is 9.13 Å². The quantitative estimate of drug-likeness (QED) is 0.919. The van der Waals surface area contributed by atoms with Crippen molar-refractivity contribution in [2.24, 2.45) is 5.73 Å². The number of ether oxygens (including phenoxy) is 1. The number of aromatic nitrogens is 1. The van der Waals surface area contributed by atoms with Crippen molar-refractivity contribution in [2.75, 3.05) is 0 Å². The first-order valence-electron chi connectivity index (χ1n) is 6.19. The number of hydrogen-bond acceptors (Lipinski definition) is 3. The van der Waals surface area contributed by atoms with E-state index in [1.54, 1.807) is 6.20 Å². The van der Waals surface area contributed by atoms with Crippen LogP contribution in [0, 0.1) is 5.82 Å². The molecule has 19 heavy (non-hydrogen) atoms. The Kier molecular flexibility index (Phi) is 4.12. The molecule has 2 rings (SSSR count). The maximum atomic E-state index is 13.2. The van der Waals surface area contributed by atoms with Crippen molar-refractivity contribution in [3.05, 3.63) is 59.7 Å². The van der Waals surface area contributed by atoms with Gasteiger partial charge in [-0.15, -0.1) is 0 Å². The summed E-state index contributed by atoms with van der Waals surface area (Å²) in [5.74, 6) is 0.370. The molecule has 1 heterocycles. The summed E-state index contributed by atoms with van der Waals surface area (Å²) in [5.41, 5.74) is 7.63. The minimum Gasteiger partial charge on any atom is -0.491 e. The van der Waals surface area contributed by atoms with Gasteiger partial charge in [0.15, 0.2) is 0 Å². The molecule has 0 radical (unpaired) electrons. The van der Waals surface area contributed by atoms with E-state index in [9.17, 15) is 4.39 Å². The summed E-state index contributed by atoms with van der Waals surface area (Å²) >= 11 is 0. The summed E-state index contributed by atoms with van der Waals surface area (Å²) in [7, 11) is 0. The largest absolute Gasteiger partial charge is 0.491 e. The first-order chi connectivity index (χ1) is 9.06. The van der Waals surface area contributed by atoms with E-state index >= 15 is 0 Å². The van der Waals surface area contributed by atoms with Crippen LogP contribution in [0.5, 0.6) is 5.75 Å². The van der Waals surface area contributed by atoms with Crippen molar-refractivity contribution in [1.82, 2.24) is 4.98 Å². The van der Waals surface area contributed by atoms with Gasteiger partial charge in [0.05, 0.1) is 18.3 Å². The molecule has 1 aromatic heterocycles.